The van der Waals surface area contributed by atoms with Crippen LogP contribution in [0.4, 0.5) is 5.69 Å². The Kier molecular flexibility index (Phi) is 4.51. The lowest BCUT2D eigenvalue weighted by Gasteiger charge is -2.57. The van der Waals surface area contributed by atoms with Gasteiger partial charge in [0.15, 0.2) is 0 Å². The predicted octanol–water partition coefficient (Wildman–Crippen LogP) is 7.66. The molecule has 0 unspecified atom stereocenters. The average Bonchev–Trinajstić information content (AvgIpc) is 3.22. The SMILES string of the molecule is Clc1nc(-c2ccccc2)cc(-n2c3ccccc3c3ccc(N4C5CC6CC(C5)CC4C6)cc32)n1. The summed E-state index contributed by atoms with van der Waals surface area (Å²) >= 11 is 6.51. The minimum absolute atomic E-state index is 0.262. The van der Waals surface area contributed by atoms with E-state index in [2.05, 4.69) is 75.1 Å². The fourth-order valence-corrected chi connectivity index (χ4v) is 7.78. The summed E-state index contributed by atoms with van der Waals surface area (Å²) in [5.41, 5.74) is 5.53. The Balaban J connectivity index is 1.33. The molecule has 0 amide bonds. The topological polar surface area (TPSA) is 34.0 Å². The van der Waals surface area contributed by atoms with Crippen molar-refractivity contribution < 1.29 is 0 Å². The maximum Gasteiger partial charge on any atom is 0.224 e. The molecule has 9 rings (SSSR count). The van der Waals surface area contributed by atoms with Gasteiger partial charge >= 0.3 is 0 Å². The highest BCUT2D eigenvalue weighted by Gasteiger charge is 2.46. The molecule has 2 saturated heterocycles. The number of para-hydroxylation sites is 1. The molecule has 2 saturated carbocycles. The molecule has 0 atom stereocenters. The van der Waals surface area contributed by atoms with Crippen LogP contribution < -0.4 is 4.90 Å². The van der Waals surface area contributed by atoms with Gasteiger partial charge < -0.3 is 4.90 Å². The minimum atomic E-state index is 0.262. The number of piperidine rings is 2. The summed E-state index contributed by atoms with van der Waals surface area (Å²) < 4.78 is 2.27. The zero-order valence-corrected chi connectivity index (χ0v) is 20.8. The van der Waals surface area contributed by atoms with Gasteiger partial charge in [-0.2, -0.15) is 4.98 Å². The summed E-state index contributed by atoms with van der Waals surface area (Å²) in [5, 5.41) is 2.74. The Hall–Kier alpha value is -3.37. The van der Waals surface area contributed by atoms with E-state index in [9.17, 15) is 0 Å². The molecule has 0 radical (unpaired) electrons. The molecular weight excluding hydrogens is 464 g/mol. The summed E-state index contributed by atoms with van der Waals surface area (Å²) in [6, 6.07) is 29.3. The lowest BCUT2D eigenvalue weighted by Crippen LogP contribution is -2.58. The average molecular weight is 491 g/mol. The van der Waals surface area contributed by atoms with Crippen LogP contribution in [0.5, 0.6) is 0 Å². The third-order valence-corrected chi connectivity index (χ3v) is 8.98. The first-order chi connectivity index (χ1) is 17.7. The predicted molar refractivity (Wildman–Crippen MR) is 147 cm³/mol. The van der Waals surface area contributed by atoms with Crippen molar-refractivity contribution in [2.75, 3.05) is 4.90 Å². The molecule has 0 spiro atoms. The van der Waals surface area contributed by atoms with E-state index in [-0.39, 0.29) is 5.28 Å². The van der Waals surface area contributed by atoms with E-state index >= 15 is 0 Å². The number of aromatic nitrogens is 3. The van der Waals surface area contributed by atoms with Gasteiger partial charge in [-0.05, 0) is 73.7 Å². The first kappa shape index (κ1) is 20.8. The Morgan fingerprint density at radius 1 is 0.667 bits per heavy atom. The molecule has 4 fully saturated rings. The van der Waals surface area contributed by atoms with Crippen LogP contribution in [0, 0.1) is 11.8 Å². The van der Waals surface area contributed by atoms with Crippen molar-refractivity contribution in [3.8, 4) is 17.1 Å². The van der Waals surface area contributed by atoms with Gasteiger partial charge in [-0.3, -0.25) is 4.57 Å². The summed E-state index contributed by atoms with van der Waals surface area (Å²) in [6.07, 6.45) is 6.89. The van der Waals surface area contributed by atoms with Gasteiger partial charge in [0.1, 0.15) is 5.82 Å². The highest BCUT2D eigenvalue weighted by atomic mass is 35.5. The van der Waals surface area contributed by atoms with E-state index in [1.807, 2.05) is 18.2 Å². The standard InChI is InChI=1S/C31H27ClN4/c32-31-33-27(21-6-2-1-3-7-21)18-30(34-31)36-28-9-5-4-8-25(28)26-11-10-22(17-29(26)36)35-23-13-19-12-20(15-23)16-24(35)14-19/h1-11,17-20,23-24H,12-16H2. The molecule has 2 aromatic heterocycles. The van der Waals surface area contributed by atoms with Crippen LogP contribution in [0.1, 0.15) is 32.1 Å². The molecule has 178 valence electrons. The van der Waals surface area contributed by atoms with Gasteiger partial charge in [0.05, 0.1) is 16.7 Å². The third kappa shape index (κ3) is 3.13. The zero-order valence-electron chi connectivity index (χ0n) is 20.0. The van der Waals surface area contributed by atoms with E-state index in [0.29, 0.717) is 12.1 Å². The highest BCUT2D eigenvalue weighted by Crippen LogP contribution is 2.51. The summed E-state index contributed by atoms with van der Waals surface area (Å²) in [5.74, 6) is 2.69. The van der Waals surface area contributed by atoms with Crippen LogP contribution in [-0.4, -0.2) is 26.6 Å². The number of benzene rings is 3. The largest absolute Gasteiger partial charge is 0.365 e. The molecule has 4 heterocycles. The molecule has 2 aliphatic heterocycles. The fourth-order valence-electron chi connectivity index (χ4n) is 7.60. The van der Waals surface area contributed by atoms with E-state index < -0.39 is 0 Å². The zero-order chi connectivity index (χ0) is 23.8. The molecule has 5 heteroatoms. The maximum atomic E-state index is 6.51. The lowest BCUT2D eigenvalue weighted by molar-refractivity contribution is 0.0900. The molecule has 3 aromatic carbocycles. The number of fused-ring (bicyclic) bond motifs is 3. The number of nitrogens with zero attached hydrogens (tertiary/aromatic N) is 4. The molecule has 4 bridgehead atoms. The second kappa shape index (κ2) is 7.81. The molecule has 36 heavy (non-hydrogen) atoms. The molecule has 2 aliphatic carbocycles. The lowest BCUT2D eigenvalue weighted by atomic mass is 9.63. The van der Waals surface area contributed by atoms with Crippen LogP contribution in [0.2, 0.25) is 5.28 Å². The van der Waals surface area contributed by atoms with E-state index in [1.165, 1.54) is 54.1 Å². The summed E-state index contributed by atoms with van der Waals surface area (Å²) in [4.78, 5) is 12.0. The number of hydrogen-bond acceptors (Lipinski definition) is 3. The van der Waals surface area contributed by atoms with Crippen LogP contribution in [0.25, 0.3) is 38.9 Å². The fraction of sp³-hybridized carbons (Fsp3) is 0.290. The van der Waals surface area contributed by atoms with Crippen molar-refractivity contribution in [2.24, 2.45) is 11.8 Å². The maximum absolute atomic E-state index is 6.51. The van der Waals surface area contributed by atoms with Crippen molar-refractivity contribution in [3.63, 3.8) is 0 Å². The molecule has 0 N–H and O–H groups in total. The van der Waals surface area contributed by atoms with E-state index in [4.69, 9.17) is 16.6 Å². The smallest absolute Gasteiger partial charge is 0.224 e. The van der Waals surface area contributed by atoms with Gasteiger partial charge in [0.2, 0.25) is 5.28 Å². The van der Waals surface area contributed by atoms with Crippen LogP contribution in [-0.2, 0) is 0 Å². The molecule has 4 nitrogen and oxygen atoms in total. The summed E-state index contributed by atoms with van der Waals surface area (Å²) in [7, 11) is 0. The van der Waals surface area contributed by atoms with Crippen LogP contribution >= 0.6 is 11.6 Å². The number of halogens is 1. The molecule has 5 aromatic rings. The Bertz CT molecular complexity index is 1590. The normalized spacial score (nSPS) is 24.8. The second-order valence-electron chi connectivity index (χ2n) is 10.9. The first-order valence-corrected chi connectivity index (χ1v) is 13.5. The highest BCUT2D eigenvalue weighted by molar-refractivity contribution is 6.28. The Morgan fingerprint density at radius 3 is 2.14 bits per heavy atom. The Morgan fingerprint density at radius 2 is 1.36 bits per heavy atom. The molecule has 4 aliphatic rings. The number of rotatable bonds is 3. The second-order valence-corrected chi connectivity index (χ2v) is 11.3. The molecular formula is C31H27ClN4. The van der Waals surface area contributed by atoms with Crippen molar-refractivity contribution in [3.05, 3.63) is 84.1 Å². The van der Waals surface area contributed by atoms with Crippen molar-refractivity contribution in [1.82, 2.24) is 14.5 Å². The van der Waals surface area contributed by atoms with Gasteiger partial charge in [-0.15, -0.1) is 0 Å². The summed E-state index contributed by atoms with van der Waals surface area (Å²) in [6.45, 7) is 0. The number of anilines is 1. The van der Waals surface area contributed by atoms with Crippen LogP contribution in [0.3, 0.4) is 0 Å². The van der Waals surface area contributed by atoms with Gasteiger partial charge in [-0.25, -0.2) is 4.98 Å². The van der Waals surface area contributed by atoms with E-state index in [0.717, 1.165) is 34.4 Å². The monoisotopic (exact) mass is 490 g/mol. The van der Waals surface area contributed by atoms with E-state index in [1.54, 1.807) is 0 Å². The van der Waals surface area contributed by atoms with Gasteiger partial charge in [-0.1, -0.05) is 54.6 Å². The van der Waals surface area contributed by atoms with Gasteiger partial charge in [0, 0.05) is 40.2 Å². The third-order valence-electron chi connectivity index (χ3n) is 8.81. The van der Waals surface area contributed by atoms with Crippen molar-refractivity contribution >= 4 is 39.1 Å². The quantitative estimate of drug-likeness (QED) is 0.243. The first-order valence-electron chi connectivity index (χ1n) is 13.1. The van der Waals surface area contributed by atoms with Gasteiger partial charge in [0.25, 0.3) is 0 Å². The van der Waals surface area contributed by atoms with Crippen molar-refractivity contribution in [1.29, 1.82) is 0 Å². The minimum Gasteiger partial charge on any atom is -0.365 e. The van der Waals surface area contributed by atoms with Crippen molar-refractivity contribution in [2.45, 2.75) is 44.2 Å². The van der Waals surface area contributed by atoms with Crippen LogP contribution in [0.15, 0.2) is 78.9 Å². The number of hydrogen-bond donors (Lipinski definition) is 0. The Labute approximate surface area is 215 Å².